The Morgan fingerprint density at radius 3 is 2.87 bits per heavy atom. The number of nitrogens with one attached hydrogen (secondary N) is 1. The molecule has 1 aromatic rings. The van der Waals surface area contributed by atoms with Crippen LogP contribution in [-0.4, -0.2) is 14.2 Å². The van der Waals surface area contributed by atoms with Crippen molar-refractivity contribution in [2.75, 3.05) is 14.2 Å². The van der Waals surface area contributed by atoms with Crippen molar-refractivity contribution < 1.29 is 4.74 Å². The molecule has 84 valence electrons. The molecule has 0 aliphatic heterocycles. The standard InChI is InChI=1S/C12H19NOS/c1-9(2)5-6-11(13-3)12-7-10(14-4)8-15-12/h7-8,11,13H,1,5-6H2,2-4H3. The number of hydrogen-bond donors (Lipinski definition) is 1. The van der Waals surface area contributed by atoms with E-state index in [2.05, 4.69) is 24.9 Å². The highest BCUT2D eigenvalue weighted by Crippen LogP contribution is 2.29. The molecule has 0 saturated heterocycles. The van der Waals surface area contributed by atoms with Crippen LogP contribution in [0.3, 0.4) is 0 Å². The van der Waals surface area contributed by atoms with Gasteiger partial charge in [-0.3, -0.25) is 0 Å². The summed E-state index contributed by atoms with van der Waals surface area (Å²) in [5.41, 5.74) is 1.23. The Balaban J connectivity index is 2.61. The van der Waals surface area contributed by atoms with Crippen LogP contribution in [0, 0.1) is 0 Å². The number of methoxy groups -OCH3 is 1. The summed E-state index contributed by atoms with van der Waals surface area (Å²) in [7, 11) is 3.70. The van der Waals surface area contributed by atoms with Crippen LogP contribution in [0.15, 0.2) is 23.6 Å². The molecule has 0 fully saturated rings. The van der Waals surface area contributed by atoms with Crippen molar-refractivity contribution >= 4 is 11.3 Å². The third-order valence-electron chi connectivity index (χ3n) is 2.38. The minimum atomic E-state index is 0.413. The van der Waals surface area contributed by atoms with Gasteiger partial charge in [-0.25, -0.2) is 0 Å². The third-order valence-corrected chi connectivity index (χ3v) is 3.41. The summed E-state index contributed by atoms with van der Waals surface area (Å²) in [6.45, 7) is 6.00. The summed E-state index contributed by atoms with van der Waals surface area (Å²) >= 11 is 1.74. The molecule has 0 aliphatic carbocycles. The van der Waals surface area contributed by atoms with Gasteiger partial charge in [0.1, 0.15) is 5.75 Å². The van der Waals surface area contributed by atoms with Crippen LogP contribution in [0.4, 0.5) is 0 Å². The van der Waals surface area contributed by atoms with Crippen LogP contribution in [-0.2, 0) is 0 Å². The van der Waals surface area contributed by atoms with Crippen molar-refractivity contribution in [3.8, 4) is 5.75 Å². The van der Waals surface area contributed by atoms with Gasteiger partial charge in [0.2, 0.25) is 0 Å². The van der Waals surface area contributed by atoms with E-state index in [1.165, 1.54) is 10.5 Å². The van der Waals surface area contributed by atoms with Gasteiger partial charge in [0.15, 0.2) is 0 Å². The maximum absolute atomic E-state index is 5.18. The molecule has 2 nitrogen and oxygen atoms in total. The van der Waals surface area contributed by atoms with E-state index >= 15 is 0 Å². The number of ether oxygens (including phenoxy) is 1. The first kappa shape index (κ1) is 12.3. The monoisotopic (exact) mass is 225 g/mol. The molecule has 1 unspecified atom stereocenters. The fourth-order valence-electron chi connectivity index (χ4n) is 1.44. The molecule has 1 N–H and O–H groups in total. The van der Waals surface area contributed by atoms with E-state index in [4.69, 9.17) is 4.74 Å². The zero-order chi connectivity index (χ0) is 11.3. The Morgan fingerprint density at radius 2 is 2.40 bits per heavy atom. The van der Waals surface area contributed by atoms with E-state index in [1.807, 2.05) is 12.4 Å². The van der Waals surface area contributed by atoms with Crippen molar-refractivity contribution in [3.05, 3.63) is 28.5 Å². The average Bonchev–Trinajstić information content (AvgIpc) is 2.67. The van der Waals surface area contributed by atoms with Gasteiger partial charge in [-0.1, -0.05) is 5.57 Å². The highest BCUT2D eigenvalue weighted by Gasteiger charge is 2.11. The minimum Gasteiger partial charge on any atom is -0.496 e. The molecule has 3 heteroatoms. The van der Waals surface area contributed by atoms with Gasteiger partial charge in [-0.05, 0) is 32.9 Å². The van der Waals surface area contributed by atoms with E-state index in [9.17, 15) is 0 Å². The van der Waals surface area contributed by atoms with Crippen LogP contribution in [0.5, 0.6) is 5.75 Å². The zero-order valence-electron chi connectivity index (χ0n) is 9.67. The second kappa shape index (κ2) is 5.93. The molecular weight excluding hydrogens is 206 g/mol. The van der Waals surface area contributed by atoms with E-state index in [0.717, 1.165) is 18.6 Å². The first-order chi connectivity index (χ1) is 7.17. The Hall–Kier alpha value is -0.800. The quantitative estimate of drug-likeness (QED) is 0.749. The first-order valence-corrected chi connectivity index (χ1v) is 5.99. The van der Waals surface area contributed by atoms with Crippen molar-refractivity contribution in [1.82, 2.24) is 5.32 Å². The summed E-state index contributed by atoms with van der Waals surface area (Å²) < 4.78 is 5.18. The molecule has 0 aliphatic rings. The number of allylic oxidation sites excluding steroid dienone is 1. The second-order valence-corrected chi connectivity index (χ2v) is 4.67. The fourth-order valence-corrected chi connectivity index (χ4v) is 2.44. The summed E-state index contributed by atoms with van der Waals surface area (Å²) in [6, 6.07) is 2.51. The normalized spacial score (nSPS) is 12.5. The third kappa shape index (κ3) is 3.68. The Bertz CT molecular complexity index is 319. The van der Waals surface area contributed by atoms with Gasteiger partial charge in [0, 0.05) is 16.3 Å². The van der Waals surface area contributed by atoms with Gasteiger partial charge in [0.05, 0.1) is 7.11 Å². The highest BCUT2D eigenvalue weighted by molar-refractivity contribution is 7.10. The summed E-state index contributed by atoms with van der Waals surface area (Å²) in [6.07, 6.45) is 2.15. The second-order valence-electron chi connectivity index (χ2n) is 3.73. The lowest BCUT2D eigenvalue weighted by atomic mass is 10.1. The molecule has 1 heterocycles. The predicted molar refractivity (Wildman–Crippen MR) is 66.7 cm³/mol. The average molecular weight is 225 g/mol. The van der Waals surface area contributed by atoms with Gasteiger partial charge in [-0.2, -0.15) is 0 Å². The Morgan fingerprint density at radius 1 is 1.67 bits per heavy atom. The molecule has 0 aromatic carbocycles. The fraction of sp³-hybridized carbons (Fsp3) is 0.500. The molecule has 1 atom stereocenters. The molecule has 0 saturated carbocycles. The molecule has 15 heavy (non-hydrogen) atoms. The van der Waals surface area contributed by atoms with Gasteiger partial charge in [-0.15, -0.1) is 17.9 Å². The molecule has 1 aromatic heterocycles. The first-order valence-electron chi connectivity index (χ1n) is 5.11. The highest BCUT2D eigenvalue weighted by atomic mass is 32.1. The van der Waals surface area contributed by atoms with Gasteiger partial charge in [0.25, 0.3) is 0 Å². The van der Waals surface area contributed by atoms with Crippen molar-refractivity contribution in [3.63, 3.8) is 0 Å². The molecular formula is C12H19NOS. The minimum absolute atomic E-state index is 0.413. The zero-order valence-corrected chi connectivity index (χ0v) is 10.5. The maximum Gasteiger partial charge on any atom is 0.129 e. The molecule has 0 amide bonds. The summed E-state index contributed by atoms with van der Waals surface area (Å²) in [5, 5.41) is 5.37. The lowest BCUT2D eigenvalue weighted by molar-refractivity contribution is 0.415. The van der Waals surface area contributed by atoms with E-state index in [0.29, 0.717) is 6.04 Å². The molecule has 1 rings (SSSR count). The van der Waals surface area contributed by atoms with Gasteiger partial charge < -0.3 is 10.1 Å². The molecule has 0 spiro atoms. The van der Waals surface area contributed by atoms with Crippen LogP contribution in [0.2, 0.25) is 0 Å². The number of hydrogen-bond acceptors (Lipinski definition) is 3. The Labute approximate surface area is 96.0 Å². The molecule has 0 bridgehead atoms. The van der Waals surface area contributed by atoms with Crippen LogP contribution >= 0.6 is 11.3 Å². The largest absolute Gasteiger partial charge is 0.496 e. The van der Waals surface area contributed by atoms with Crippen molar-refractivity contribution in [2.45, 2.75) is 25.8 Å². The van der Waals surface area contributed by atoms with E-state index in [-0.39, 0.29) is 0 Å². The SMILES string of the molecule is C=C(C)CCC(NC)c1cc(OC)cs1. The number of thiophene rings is 1. The van der Waals surface area contributed by atoms with Crippen molar-refractivity contribution in [2.24, 2.45) is 0 Å². The van der Waals surface area contributed by atoms with Gasteiger partial charge >= 0.3 is 0 Å². The molecule has 0 radical (unpaired) electrons. The summed E-state index contributed by atoms with van der Waals surface area (Å²) in [5.74, 6) is 0.950. The van der Waals surface area contributed by atoms with Crippen LogP contribution in [0.25, 0.3) is 0 Å². The topological polar surface area (TPSA) is 21.3 Å². The number of rotatable bonds is 6. The summed E-state index contributed by atoms with van der Waals surface area (Å²) in [4.78, 5) is 1.33. The maximum atomic E-state index is 5.18. The smallest absolute Gasteiger partial charge is 0.129 e. The van der Waals surface area contributed by atoms with Crippen LogP contribution < -0.4 is 10.1 Å². The Kier molecular flexibility index (Phi) is 4.85. The lowest BCUT2D eigenvalue weighted by Crippen LogP contribution is -2.14. The van der Waals surface area contributed by atoms with Crippen LogP contribution in [0.1, 0.15) is 30.7 Å². The van der Waals surface area contributed by atoms with E-state index in [1.54, 1.807) is 18.4 Å². The lowest BCUT2D eigenvalue weighted by Gasteiger charge is -2.13. The van der Waals surface area contributed by atoms with E-state index < -0.39 is 0 Å². The predicted octanol–water partition coefficient (Wildman–Crippen LogP) is 3.37. The van der Waals surface area contributed by atoms with Crippen molar-refractivity contribution in [1.29, 1.82) is 0 Å².